The molecule has 4 heteroatoms. The third-order valence-electron chi connectivity index (χ3n) is 3.72. The van der Waals surface area contributed by atoms with Crippen LogP contribution in [0.15, 0.2) is 18.5 Å². The highest BCUT2D eigenvalue weighted by atomic mass is 16.2. The third kappa shape index (κ3) is 3.82. The van der Waals surface area contributed by atoms with E-state index in [0.29, 0.717) is 11.1 Å². The van der Waals surface area contributed by atoms with Crippen molar-refractivity contribution in [3.8, 4) is 11.8 Å². The summed E-state index contributed by atoms with van der Waals surface area (Å²) in [6.07, 6.45) is 7.55. The molecule has 0 atom stereocenters. The molecule has 1 aliphatic rings. The molecule has 1 fully saturated rings. The number of amides is 1. The van der Waals surface area contributed by atoms with Crippen LogP contribution in [-0.4, -0.2) is 28.6 Å². The Morgan fingerprint density at radius 1 is 1.45 bits per heavy atom. The van der Waals surface area contributed by atoms with Crippen LogP contribution in [0.4, 0.5) is 0 Å². The molecule has 1 aromatic heterocycles. The van der Waals surface area contributed by atoms with E-state index in [4.69, 9.17) is 5.11 Å². The van der Waals surface area contributed by atoms with Gasteiger partial charge in [-0.3, -0.25) is 9.78 Å². The lowest BCUT2D eigenvalue weighted by Gasteiger charge is -2.27. The molecule has 2 N–H and O–H groups in total. The summed E-state index contributed by atoms with van der Waals surface area (Å²) in [6, 6.07) is 1.92. The quantitative estimate of drug-likeness (QED) is 0.806. The van der Waals surface area contributed by atoms with Gasteiger partial charge in [-0.1, -0.05) is 18.8 Å². The van der Waals surface area contributed by atoms with E-state index in [2.05, 4.69) is 29.1 Å². The number of pyridine rings is 1. The molecule has 0 saturated heterocycles. The molecule has 0 radical (unpaired) electrons. The molecule has 0 aromatic carbocycles. The van der Waals surface area contributed by atoms with Gasteiger partial charge in [-0.2, -0.15) is 0 Å². The van der Waals surface area contributed by atoms with Crippen LogP contribution < -0.4 is 5.32 Å². The van der Waals surface area contributed by atoms with Crippen LogP contribution in [0.25, 0.3) is 0 Å². The summed E-state index contributed by atoms with van der Waals surface area (Å²) in [5, 5.41) is 11.8. The Morgan fingerprint density at radius 2 is 2.20 bits per heavy atom. The summed E-state index contributed by atoms with van der Waals surface area (Å²) < 4.78 is 0. The lowest BCUT2D eigenvalue weighted by atomic mass is 9.87. The van der Waals surface area contributed by atoms with E-state index < -0.39 is 0 Å². The SMILES string of the molecule is CC1CCC(NC(=O)c2ccncc2C#CCO)CC1. The molecule has 0 bridgehead atoms. The number of hydrogen-bond donors (Lipinski definition) is 2. The average molecular weight is 272 g/mol. The highest BCUT2D eigenvalue weighted by molar-refractivity contribution is 5.96. The lowest BCUT2D eigenvalue weighted by molar-refractivity contribution is 0.0922. The number of aromatic nitrogens is 1. The fourth-order valence-corrected chi connectivity index (χ4v) is 2.49. The monoisotopic (exact) mass is 272 g/mol. The van der Waals surface area contributed by atoms with Gasteiger partial charge in [-0.05, 0) is 37.7 Å². The predicted octanol–water partition coefficient (Wildman–Crippen LogP) is 1.73. The Bertz CT molecular complexity index is 523. The van der Waals surface area contributed by atoms with Crippen molar-refractivity contribution in [3.05, 3.63) is 29.6 Å². The zero-order valence-corrected chi connectivity index (χ0v) is 11.7. The van der Waals surface area contributed by atoms with E-state index in [9.17, 15) is 4.79 Å². The van der Waals surface area contributed by atoms with Crippen LogP contribution in [0.3, 0.4) is 0 Å². The average Bonchev–Trinajstić information content (AvgIpc) is 2.47. The van der Waals surface area contributed by atoms with Gasteiger partial charge in [0.1, 0.15) is 6.61 Å². The van der Waals surface area contributed by atoms with Crippen molar-refractivity contribution in [2.24, 2.45) is 5.92 Å². The number of nitrogens with one attached hydrogen (secondary N) is 1. The van der Waals surface area contributed by atoms with E-state index in [-0.39, 0.29) is 18.6 Å². The highest BCUT2D eigenvalue weighted by Crippen LogP contribution is 2.23. The van der Waals surface area contributed by atoms with E-state index >= 15 is 0 Å². The maximum absolute atomic E-state index is 12.3. The number of aliphatic hydroxyl groups excluding tert-OH is 1. The van der Waals surface area contributed by atoms with Gasteiger partial charge < -0.3 is 10.4 Å². The minimum Gasteiger partial charge on any atom is -0.384 e. The second-order valence-electron chi connectivity index (χ2n) is 5.31. The normalized spacial score (nSPS) is 21.7. The second kappa shape index (κ2) is 7.06. The van der Waals surface area contributed by atoms with Gasteiger partial charge in [0.25, 0.3) is 5.91 Å². The molecule has 1 saturated carbocycles. The molecular weight excluding hydrogens is 252 g/mol. The maximum Gasteiger partial charge on any atom is 0.252 e. The first kappa shape index (κ1) is 14.5. The Balaban J connectivity index is 2.05. The standard InChI is InChI=1S/C16H20N2O2/c1-12-4-6-14(7-5-12)18-16(20)15-8-9-17-11-13(15)3-2-10-19/h8-9,11-12,14,19H,4-7,10H2,1H3,(H,18,20). The number of aliphatic hydroxyl groups is 1. The van der Waals surface area contributed by atoms with Crippen LogP contribution in [0.2, 0.25) is 0 Å². The summed E-state index contributed by atoms with van der Waals surface area (Å²) in [4.78, 5) is 16.3. The fraction of sp³-hybridized carbons (Fsp3) is 0.500. The van der Waals surface area contributed by atoms with E-state index in [1.807, 2.05) is 0 Å². The summed E-state index contributed by atoms with van der Waals surface area (Å²) in [7, 11) is 0. The highest BCUT2D eigenvalue weighted by Gasteiger charge is 2.21. The largest absolute Gasteiger partial charge is 0.384 e. The third-order valence-corrected chi connectivity index (χ3v) is 3.72. The summed E-state index contributed by atoms with van der Waals surface area (Å²) in [5.41, 5.74) is 1.09. The van der Waals surface area contributed by atoms with Crippen LogP contribution >= 0.6 is 0 Å². The van der Waals surface area contributed by atoms with Crippen molar-refractivity contribution in [1.82, 2.24) is 10.3 Å². The molecule has 1 amide bonds. The maximum atomic E-state index is 12.3. The molecule has 106 valence electrons. The van der Waals surface area contributed by atoms with Gasteiger partial charge in [-0.15, -0.1) is 0 Å². The van der Waals surface area contributed by atoms with E-state index in [1.54, 1.807) is 18.5 Å². The van der Waals surface area contributed by atoms with Crippen molar-refractivity contribution in [1.29, 1.82) is 0 Å². The van der Waals surface area contributed by atoms with Crippen LogP contribution in [0, 0.1) is 17.8 Å². The van der Waals surface area contributed by atoms with Crippen molar-refractivity contribution in [3.63, 3.8) is 0 Å². The van der Waals surface area contributed by atoms with Crippen molar-refractivity contribution in [2.45, 2.75) is 38.6 Å². The van der Waals surface area contributed by atoms with Crippen molar-refractivity contribution >= 4 is 5.91 Å². The molecule has 1 aromatic rings. The fourth-order valence-electron chi connectivity index (χ4n) is 2.49. The Morgan fingerprint density at radius 3 is 2.90 bits per heavy atom. The zero-order chi connectivity index (χ0) is 14.4. The minimum absolute atomic E-state index is 0.103. The molecule has 1 aliphatic carbocycles. The Labute approximate surface area is 119 Å². The molecule has 0 unspecified atom stereocenters. The summed E-state index contributed by atoms with van der Waals surface area (Å²) in [6.45, 7) is 2.03. The smallest absolute Gasteiger partial charge is 0.252 e. The predicted molar refractivity (Wildman–Crippen MR) is 77.1 cm³/mol. The van der Waals surface area contributed by atoms with Crippen LogP contribution in [0.5, 0.6) is 0 Å². The Hall–Kier alpha value is -1.86. The number of nitrogens with zero attached hydrogens (tertiary/aromatic N) is 1. The topological polar surface area (TPSA) is 62.2 Å². The molecule has 0 aliphatic heterocycles. The number of rotatable bonds is 2. The minimum atomic E-state index is -0.226. The van der Waals surface area contributed by atoms with E-state index in [1.165, 1.54) is 12.8 Å². The summed E-state index contributed by atoms with van der Waals surface area (Å²) >= 11 is 0. The molecule has 1 heterocycles. The first-order valence-electron chi connectivity index (χ1n) is 7.05. The van der Waals surface area contributed by atoms with Crippen molar-refractivity contribution < 1.29 is 9.90 Å². The summed E-state index contributed by atoms with van der Waals surface area (Å²) in [5.74, 6) is 5.98. The van der Waals surface area contributed by atoms with Crippen molar-refractivity contribution in [2.75, 3.05) is 6.61 Å². The van der Waals surface area contributed by atoms with Gasteiger partial charge in [0.2, 0.25) is 0 Å². The van der Waals surface area contributed by atoms with E-state index in [0.717, 1.165) is 18.8 Å². The molecule has 4 nitrogen and oxygen atoms in total. The van der Waals surface area contributed by atoms with Gasteiger partial charge in [0.05, 0.1) is 11.1 Å². The van der Waals surface area contributed by atoms with Gasteiger partial charge in [0.15, 0.2) is 0 Å². The number of carbonyl (C=O) groups excluding carboxylic acids is 1. The molecular formula is C16H20N2O2. The molecule has 0 spiro atoms. The molecule has 20 heavy (non-hydrogen) atoms. The first-order valence-corrected chi connectivity index (χ1v) is 7.05. The van der Waals surface area contributed by atoms with Gasteiger partial charge in [-0.25, -0.2) is 0 Å². The zero-order valence-electron chi connectivity index (χ0n) is 11.7. The number of hydrogen-bond acceptors (Lipinski definition) is 3. The lowest BCUT2D eigenvalue weighted by Crippen LogP contribution is -2.37. The number of carbonyl (C=O) groups is 1. The Kier molecular flexibility index (Phi) is 5.14. The van der Waals surface area contributed by atoms with Crippen LogP contribution in [0.1, 0.15) is 48.5 Å². The first-order chi connectivity index (χ1) is 9.70. The van der Waals surface area contributed by atoms with Gasteiger partial charge >= 0.3 is 0 Å². The second-order valence-corrected chi connectivity index (χ2v) is 5.31. The van der Waals surface area contributed by atoms with Crippen LogP contribution in [-0.2, 0) is 0 Å². The molecule has 2 rings (SSSR count). The van der Waals surface area contributed by atoms with Gasteiger partial charge in [0, 0.05) is 18.4 Å².